The van der Waals surface area contributed by atoms with Crippen molar-refractivity contribution >= 4 is 23.1 Å². The van der Waals surface area contributed by atoms with Gasteiger partial charge in [0.2, 0.25) is 0 Å². The highest BCUT2D eigenvalue weighted by Gasteiger charge is 2.06. The Morgan fingerprint density at radius 2 is 2.27 bits per heavy atom. The van der Waals surface area contributed by atoms with Crippen molar-refractivity contribution in [2.75, 3.05) is 0 Å². The Hall–Kier alpha value is -1.00. The van der Waals surface area contributed by atoms with Crippen LogP contribution in [0.3, 0.4) is 0 Å². The summed E-state index contributed by atoms with van der Waals surface area (Å²) < 4.78 is 4.02. The van der Waals surface area contributed by atoms with Gasteiger partial charge in [-0.2, -0.15) is 0 Å². The fourth-order valence-corrected chi connectivity index (χ4v) is 2.03. The Morgan fingerprint density at radius 3 is 2.93 bits per heavy atom. The van der Waals surface area contributed by atoms with Crippen molar-refractivity contribution in [2.24, 2.45) is 0 Å². The molecule has 0 aliphatic rings. The van der Waals surface area contributed by atoms with Gasteiger partial charge in [0, 0.05) is 11.9 Å². The minimum Gasteiger partial charge on any atom is -0.232 e. The van der Waals surface area contributed by atoms with Crippen molar-refractivity contribution in [3.05, 3.63) is 29.2 Å². The summed E-state index contributed by atoms with van der Waals surface area (Å²) in [6.45, 7) is 2.11. The number of halogens is 1. The molecule has 0 aliphatic carbocycles. The third-order valence-corrected chi connectivity index (χ3v) is 2.85. The van der Waals surface area contributed by atoms with E-state index < -0.39 is 0 Å². The first kappa shape index (κ1) is 10.5. The van der Waals surface area contributed by atoms with E-state index in [0.717, 1.165) is 23.4 Å². The molecule has 0 unspecified atom stereocenters. The summed E-state index contributed by atoms with van der Waals surface area (Å²) in [4.78, 5) is 9.58. The molecule has 0 fully saturated rings. The van der Waals surface area contributed by atoms with Crippen LogP contribution in [0.5, 0.6) is 0 Å². The molecule has 15 heavy (non-hydrogen) atoms. The quantitative estimate of drug-likeness (QED) is 0.772. The van der Waals surface area contributed by atoms with Crippen LogP contribution in [0.1, 0.15) is 19.0 Å². The van der Waals surface area contributed by atoms with Crippen LogP contribution in [0.4, 0.5) is 0 Å². The van der Waals surface area contributed by atoms with Gasteiger partial charge in [-0.05, 0) is 30.1 Å². The van der Waals surface area contributed by atoms with Crippen LogP contribution in [-0.2, 0) is 6.42 Å². The van der Waals surface area contributed by atoms with Gasteiger partial charge >= 0.3 is 0 Å². The van der Waals surface area contributed by atoms with Crippen molar-refractivity contribution < 1.29 is 0 Å². The second-order valence-electron chi connectivity index (χ2n) is 3.13. The number of rotatable bonds is 3. The molecule has 0 aromatic carbocycles. The number of hydrogen-bond acceptors (Lipinski definition) is 4. The maximum Gasteiger partial charge on any atom is 0.172 e. The van der Waals surface area contributed by atoms with Crippen LogP contribution < -0.4 is 0 Å². The van der Waals surface area contributed by atoms with Crippen LogP contribution in [-0.4, -0.2) is 14.3 Å². The number of nitrogens with zero attached hydrogens (tertiary/aromatic N) is 3. The van der Waals surface area contributed by atoms with E-state index in [2.05, 4.69) is 21.3 Å². The largest absolute Gasteiger partial charge is 0.232 e. The zero-order valence-electron chi connectivity index (χ0n) is 8.27. The van der Waals surface area contributed by atoms with E-state index in [-0.39, 0.29) is 0 Å². The molecule has 3 nitrogen and oxygen atoms in total. The van der Waals surface area contributed by atoms with E-state index in [9.17, 15) is 0 Å². The first-order valence-corrected chi connectivity index (χ1v) is 5.89. The zero-order chi connectivity index (χ0) is 10.7. The lowest BCUT2D eigenvalue weighted by Crippen LogP contribution is -1.94. The van der Waals surface area contributed by atoms with E-state index in [1.54, 1.807) is 6.20 Å². The molecule has 2 heterocycles. The lowest BCUT2D eigenvalue weighted by molar-refractivity contribution is 0.876. The molecule has 2 aromatic rings. The zero-order valence-corrected chi connectivity index (χ0v) is 9.85. The van der Waals surface area contributed by atoms with Gasteiger partial charge in [-0.25, -0.2) is 14.3 Å². The Morgan fingerprint density at radius 1 is 1.40 bits per heavy atom. The molecule has 0 saturated heterocycles. The van der Waals surface area contributed by atoms with Crippen LogP contribution in [0.25, 0.3) is 10.7 Å². The molecule has 0 amide bonds. The number of hydrogen-bond donors (Lipinski definition) is 0. The first-order valence-electron chi connectivity index (χ1n) is 4.74. The third kappa shape index (κ3) is 2.52. The number of aromatic nitrogens is 3. The van der Waals surface area contributed by atoms with Gasteiger partial charge in [-0.15, -0.1) is 0 Å². The normalized spacial score (nSPS) is 10.5. The minimum absolute atomic E-state index is 0.497. The van der Waals surface area contributed by atoms with E-state index in [0.29, 0.717) is 11.0 Å². The third-order valence-electron chi connectivity index (χ3n) is 1.91. The predicted octanol–water partition coefficient (Wildman–Crippen LogP) is 3.21. The smallest absolute Gasteiger partial charge is 0.172 e. The topological polar surface area (TPSA) is 38.7 Å². The van der Waals surface area contributed by atoms with E-state index in [1.165, 1.54) is 11.5 Å². The van der Waals surface area contributed by atoms with Gasteiger partial charge in [0.25, 0.3) is 0 Å². The van der Waals surface area contributed by atoms with E-state index >= 15 is 0 Å². The molecule has 5 heteroatoms. The summed E-state index contributed by atoms with van der Waals surface area (Å²) in [5.74, 6) is 0.674. The molecule has 0 saturated carbocycles. The maximum atomic E-state index is 5.94. The van der Waals surface area contributed by atoms with Crippen LogP contribution in [0.2, 0.25) is 5.15 Å². The highest BCUT2D eigenvalue weighted by Crippen LogP contribution is 2.21. The van der Waals surface area contributed by atoms with Crippen LogP contribution in [0.15, 0.2) is 18.3 Å². The van der Waals surface area contributed by atoms with Gasteiger partial charge in [0.1, 0.15) is 5.15 Å². The Kier molecular flexibility index (Phi) is 3.28. The molecule has 0 atom stereocenters. The second kappa shape index (κ2) is 4.68. The molecular weight excluding hydrogens is 230 g/mol. The summed E-state index contributed by atoms with van der Waals surface area (Å²) in [6.07, 6.45) is 3.72. The van der Waals surface area contributed by atoms with E-state index in [1.807, 2.05) is 12.1 Å². The second-order valence-corrected chi connectivity index (χ2v) is 4.35. The Labute approximate surface area is 97.3 Å². The van der Waals surface area contributed by atoms with Crippen molar-refractivity contribution in [3.63, 3.8) is 0 Å². The molecule has 2 aromatic heterocycles. The lowest BCUT2D eigenvalue weighted by atomic mass is 10.2. The summed E-state index contributed by atoms with van der Waals surface area (Å²) >= 11 is 7.31. The standard InChI is InChI=1S/C10H10ClN3S/c1-2-3-7-6-9(11)14-10(13-7)8-4-5-12-15-8/h4-6H,2-3H2,1H3. The Bertz CT molecular complexity index is 442. The van der Waals surface area contributed by atoms with Gasteiger partial charge in [0.05, 0.1) is 4.88 Å². The summed E-state index contributed by atoms with van der Waals surface area (Å²) in [6, 6.07) is 3.71. The number of aryl methyl sites for hydroxylation is 1. The highest BCUT2D eigenvalue weighted by atomic mass is 35.5. The summed E-state index contributed by atoms with van der Waals surface area (Å²) in [5, 5.41) is 0.497. The average Bonchev–Trinajstić information content (AvgIpc) is 2.70. The molecule has 0 N–H and O–H groups in total. The van der Waals surface area contributed by atoms with Crippen molar-refractivity contribution in [3.8, 4) is 10.7 Å². The molecule has 78 valence electrons. The van der Waals surface area contributed by atoms with Gasteiger partial charge in [-0.3, -0.25) is 0 Å². The van der Waals surface area contributed by atoms with Crippen LogP contribution >= 0.6 is 23.1 Å². The molecule has 0 spiro atoms. The average molecular weight is 240 g/mol. The van der Waals surface area contributed by atoms with E-state index in [4.69, 9.17) is 11.6 Å². The fraction of sp³-hybridized carbons (Fsp3) is 0.300. The molecule has 0 aliphatic heterocycles. The van der Waals surface area contributed by atoms with Gasteiger partial charge < -0.3 is 0 Å². The van der Waals surface area contributed by atoms with Crippen molar-refractivity contribution in [2.45, 2.75) is 19.8 Å². The SMILES string of the molecule is CCCc1cc(Cl)nc(-c2ccns2)n1. The van der Waals surface area contributed by atoms with Crippen molar-refractivity contribution in [1.29, 1.82) is 0 Å². The van der Waals surface area contributed by atoms with Crippen molar-refractivity contribution in [1.82, 2.24) is 14.3 Å². The van der Waals surface area contributed by atoms with Gasteiger partial charge in [0.15, 0.2) is 5.82 Å². The van der Waals surface area contributed by atoms with Crippen LogP contribution in [0, 0.1) is 0 Å². The van der Waals surface area contributed by atoms with Gasteiger partial charge in [-0.1, -0.05) is 24.9 Å². The molecule has 2 rings (SSSR count). The molecule has 0 bridgehead atoms. The predicted molar refractivity (Wildman–Crippen MR) is 62.1 cm³/mol. The monoisotopic (exact) mass is 239 g/mol. The maximum absolute atomic E-state index is 5.94. The molecular formula is C10H10ClN3S. The lowest BCUT2D eigenvalue weighted by Gasteiger charge is -2.01. The summed E-state index contributed by atoms with van der Waals surface area (Å²) in [5.41, 5.74) is 0.987. The first-order chi connectivity index (χ1) is 7.29. The minimum atomic E-state index is 0.497. The highest BCUT2D eigenvalue weighted by molar-refractivity contribution is 7.09. The fourth-order valence-electron chi connectivity index (χ4n) is 1.29. The molecule has 0 radical (unpaired) electrons. The Balaban J connectivity index is 2.40. The summed E-state index contributed by atoms with van der Waals surface area (Å²) in [7, 11) is 0.